The summed E-state index contributed by atoms with van der Waals surface area (Å²) in [5.74, 6) is 0.520. The molecule has 0 amide bonds. The van der Waals surface area contributed by atoms with Crippen LogP contribution in [-0.4, -0.2) is 32.1 Å². The maximum Gasteiger partial charge on any atom is 0.214 e. The van der Waals surface area contributed by atoms with Crippen LogP contribution in [0.25, 0.3) is 10.9 Å². The lowest BCUT2D eigenvalue weighted by atomic mass is 9.94. The molecule has 2 rings (SSSR count). The Morgan fingerprint density at radius 2 is 1.83 bits per heavy atom. The quantitative estimate of drug-likeness (QED) is 0.783. The largest absolute Gasteiger partial charge is 0.347 e. The highest BCUT2D eigenvalue weighted by molar-refractivity contribution is 7.90. The first-order valence-corrected chi connectivity index (χ1v) is 10.0. The lowest BCUT2D eigenvalue weighted by molar-refractivity contribution is 0.532. The number of rotatable bonds is 7. The van der Waals surface area contributed by atoms with E-state index in [0.29, 0.717) is 12.3 Å². The topological polar surface area (TPSA) is 51.1 Å². The van der Waals surface area contributed by atoms with Gasteiger partial charge in [0.05, 0.1) is 5.25 Å². The number of nitrogens with one attached hydrogen (secondary N) is 1. The maximum absolute atomic E-state index is 12.1. The van der Waals surface area contributed by atoms with Crippen LogP contribution in [-0.2, 0) is 23.0 Å². The van der Waals surface area contributed by atoms with E-state index in [1.165, 1.54) is 0 Å². The second-order valence-corrected chi connectivity index (χ2v) is 9.56. The van der Waals surface area contributed by atoms with Gasteiger partial charge in [0.15, 0.2) is 0 Å². The highest BCUT2D eigenvalue weighted by Gasteiger charge is 2.20. The standard InChI is InChI=1S/C18H27BN2O2S/c1-12(2)10-21-11-15(17-7-6-16(19)9-18(17)21)8-14(5)20-24(22,23)13(3)4/h6-7,9,11-14,20H,8,10H2,1-5H3. The van der Waals surface area contributed by atoms with E-state index in [0.717, 1.165) is 28.5 Å². The molecule has 0 aliphatic rings. The van der Waals surface area contributed by atoms with Crippen molar-refractivity contribution in [3.05, 3.63) is 30.0 Å². The summed E-state index contributed by atoms with van der Waals surface area (Å²) in [5.41, 5.74) is 2.99. The molecule has 1 aromatic carbocycles. The summed E-state index contributed by atoms with van der Waals surface area (Å²) in [6.07, 6.45) is 2.78. The average molecular weight is 346 g/mol. The van der Waals surface area contributed by atoms with Crippen molar-refractivity contribution in [2.45, 2.75) is 58.9 Å². The van der Waals surface area contributed by atoms with Crippen LogP contribution in [0.5, 0.6) is 0 Å². The zero-order valence-electron chi connectivity index (χ0n) is 15.2. The first-order chi connectivity index (χ1) is 11.1. The highest BCUT2D eigenvalue weighted by atomic mass is 32.2. The monoisotopic (exact) mass is 346 g/mol. The van der Waals surface area contributed by atoms with E-state index in [2.05, 4.69) is 29.3 Å². The van der Waals surface area contributed by atoms with Crippen LogP contribution in [0.2, 0.25) is 0 Å². The SMILES string of the molecule is [B]c1ccc2c(CC(C)NS(=O)(=O)C(C)C)cn(CC(C)C)c2c1. The normalized spacial score (nSPS) is 14.0. The number of nitrogens with zero attached hydrogens (tertiary/aromatic N) is 1. The van der Waals surface area contributed by atoms with Gasteiger partial charge in [-0.15, -0.1) is 0 Å². The van der Waals surface area contributed by atoms with Gasteiger partial charge < -0.3 is 4.57 Å². The Morgan fingerprint density at radius 1 is 1.17 bits per heavy atom. The van der Waals surface area contributed by atoms with Gasteiger partial charge in [-0.2, -0.15) is 0 Å². The smallest absolute Gasteiger partial charge is 0.214 e. The van der Waals surface area contributed by atoms with E-state index in [1.807, 2.05) is 25.1 Å². The van der Waals surface area contributed by atoms with Gasteiger partial charge in [0.2, 0.25) is 10.0 Å². The first kappa shape index (κ1) is 19.1. The van der Waals surface area contributed by atoms with Gasteiger partial charge in [-0.05, 0) is 44.7 Å². The second kappa shape index (κ2) is 7.32. The molecule has 0 saturated heterocycles. The molecular weight excluding hydrogens is 319 g/mol. The summed E-state index contributed by atoms with van der Waals surface area (Å²) in [7, 11) is 2.68. The molecule has 1 heterocycles. The Bertz CT molecular complexity index is 810. The minimum Gasteiger partial charge on any atom is -0.347 e. The van der Waals surface area contributed by atoms with Gasteiger partial charge in [0, 0.05) is 29.7 Å². The molecule has 0 bridgehead atoms. The number of aromatic nitrogens is 1. The number of fused-ring (bicyclic) bond motifs is 1. The van der Waals surface area contributed by atoms with Crippen molar-refractivity contribution >= 4 is 34.2 Å². The van der Waals surface area contributed by atoms with Crippen molar-refractivity contribution < 1.29 is 8.42 Å². The molecule has 0 aliphatic carbocycles. The van der Waals surface area contributed by atoms with E-state index in [1.54, 1.807) is 13.8 Å². The highest BCUT2D eigenvalue weighted by Crippen LogP contribution is 2.23. The summed E-state index contributed by atoms with van der Waals surface area (Å²) in [6.45, 7) is 10.5. The molecule has 0 aliphatic heterocycles. The summed E-state index contributed by atoms with van der Waals surface area (Å²) in [6, 6.07) is 5.76. The van der Waals surface area contributed by atoms with E-state index in [-0.39, 0.29) is 6.04 Å². The lowest BCUT2D eigenvalue weighted by Gasteiger charge is -2.16. The lowest BCUT2D eigenvalue weighted by Crippen LogP contribution is -2.38. The van der Waals surface area contributed by atoms with Crippen LogP contribution in [0, 0.1) is 5.92 Å². The molecule has 2 radical (unpaired) electrons. The average Bonchev–Trinajstić information content (AvgIpc) is 2.74. The van der Waals surface area contributed by atoms with Crippen molar-refractivity contribution in [3.8, 4) is 0 Å². The fraction of sp³-hybridized carbons (Fsp3) is 0.556. The number of benzene rings is 1. The molecule has 1 unspecified atom stereocenters. The Kier molecular flexibility index (Phi) is 5.81. The fourth-order valence-electron chi connectivity index (χ4n) is 2.88. The van der Waals surface area contributed by atoms with Crippen LogP contribution in [0.15, 0.2) is 24.4 Å². The number of hydrogen-bond acceptors (Lipinski definition) is 2. The van der Waals surface area contributed by atoms with Crippen LogP contribution in [0.1, 0.15) is 40.2 Å². The Labute approximate surface area is 147 Å². The molecule has 1 aromatic heterocycles. The van der Waals surface area contributed by atoms with Gasteiger partial charge in [-0.25, -0.2) is 13.1 Å². The number of sulfonamides is 1. The third-order valence-electron chi connectivity index (χ3n) is 4.06. The molecule has 0 spiro atoms. The molecule has 1 atom stereocenters. The Morgan fingerprint density at radius 3 is 2.42 bits per heavy atom. The van der Waals surface area contributed by atoms with Crippen LogP contribution in [0.4, 0.5) is 0 Å². The van der Waals surface area contributed by atoms with Gasteiger partial charge in [0.25, 0.3) is 0 Å². The van der Waals surface area contributed by atoms with E-state index in [9.17, 15) is 8.42 Å². The van der Waals surface area contributed by atoms with Crippen LogP contribution >= 0.6 is 0 Å². The predicted octanol–water partition coefficient (Wildman–Crippen LogP) is 2.35. The third kappa shape index (κ3) is 4.42. The van der Waals surface area contributed by atoms with Crippen LogP contribution in [0.3, 0.4) is 0 Å². The predicted molar refractivity (Wildman–Crippen MR) is 103 cm³/mol. The molecule has 0 saturated carbocycles. The first-order valence-electron chi connectivity index (χ1n) is 8.48. The van der Waals surface area contributed by atoms with Gasteiger partial charge in [-0.3, -0.25) is 0 Å². The van der Waals surface area contributed by atoms with Crippen molar-refractivity contribution in [2.75, 3.05) is 0 Å². The molecule has 2 aromatic rings. The van der Waals surface area contributed by atoms with Crippen molar-refractivity contribution in [3.63, 3.8) is 0 Å². The molecule has 24 heavy (non-hydrogen) atoms. The van der Waals surface area contributed by atoms with E-state index < -0.39 is 15.3 Å². The van der Waals surface area contributed by atoms with E-state index in [4.69, 9.17) is 7.85 Å². The van der Waals surface area contributed by atoms with Crippen LogP contribution < -0.4 is 10.2 Å². The summed E-state index contributed by atoms with van der Waals surface area (Å²) in [5, 5.41) is 0.711. The molecule has 6 heteroatoms. The van der Waals surface area contributed by atoms with Crippen molar-refractivity contribution in [1.29, 1.82) is 0 Å². The maximum atomic E-state index is 12.1. The van der Waals surface area contributed by atoms with E-state index >= 15 is 0 Å². The zero-order chi connectivity index (χ0) is 18.1. The molecule has 0 fully saturated rings. The molecular formula is C18H27BN2O2S. The van der Waals surface area contributed by atoms with Crippen molar-refractivity contribution in [1.82, 2.24) is 9.29 Å². The molecule has 4 nitrogen and oxygen atoms in total. The van der Waals surface area contributed by atoms with Gasteiger partial charge in [0.1, 0.15) is 7.85 Å². The summed E-state index contributed by atoms with van der Waals surface area (Å²) >= 11 is 0. The third-order valence-corrected chi connectivity index (χ3v) is 6.03. The number of hydrogen-bond donors (Lipinski definition) is 1. The van der Waals surface area contributed by atoms with Crippen molar-refractivity contribution in [2.24, 2.45) is 5.92 Å². The summed E-state index contributed by atoms with van der Waals surface area (Å²) in [4.78, 5) is 0. The molecule has 130 valence electrons. The Balaban J connectivity index is 2.32. The van der Waals surface area contributed by atoms with Gasteiger partial charge >= 0.3 is 0 Å². The zero-order valence-corrected chi connectivity index (χ0v) is 16.0. The minimum absolute atomic E-state index is 0.159. The van der Waals surface area contributed by atoms with Gasteiger partial charge in [-0.1, -0.05) is 31.4 Å². The fourth-order valence-corrected chi connectivity index (χ4v) is 3.80. The Hall–Kier alpha value is -1.27. The minimum atomic E-state index is -3.27. The summed E-state index contributed by atoms with van der Waals surface area (Å²) < 4.78 is 29.1. The second-order valence-electron chi connectivity index (χ2n) is 7.29. The molecule has 1 N–H and O–H groups in total.